The summed E-state index contributed by atoms with van der Waals surface area (Å²) in [5, 5.41) is 6.27. The number of nitrogens with one attached hydrogen (secondary N) is 2. The van der Waals surface area contributed by atoms with Gasteiger partial charge >= 0.3 is 0 Å². The molecule has 1 heterocycles. The lowest BCUT2D eigenvalue weighted by molar-refractivity contribution is -0.0440. The lowest BCUT2D eigenvalue weighted by atomic mass is 10.1. The van der Waals surface area contributed by atoms with Crippen molar-refractivity contribution in [1.29, 1.82) is 0 Å². The van der Waals surface area contributed by atoms with Gasteiger partial charge in [-0.25, -0.2) is 8.42 Å². The van der Waals surface area contributed by atoms with Crippen LogP contribution < -0.4 is 10.6 Å². The zero-order valence-electron chi connectivity index (χ0n) is 16.4. The Morgan fingerprint density at radius 2 is 1.78 bits per heavy atom. The fourth-order valence-corrected chi connectivity index (χ4v) is 4.39. The molecule has 1 aliphatic heterocycles. The van der Waals surface area contributed by atoms with Crippen LogP contribution in [0, 0.1) is 6.92 Å². The molecule has 1 aromatic rings. The maximum Gasteiger partial charge on any atom is 0.216 e. The normalized spacial score (nSPS) is 21.4. The van der Waals surface area contributed by atoms with Gasteiger partial charge in [-0.2, -0.15) is 4.31 Å². The van der Waals surface area contributed by atoms with Gasteiger partial charge in [0.1, 0.15) is 0 Å². The van der Waals surface area contributed by atoms with Crippen molar-refractivity contribution in [2.24, 2.45) is 4.99 Å². The smallest absolute Gasteiger partial charge is 0.216 e. The third-order valence-corrected chi connectivity index (χ3v) is 6.04. The number of guanidine groups is 1. The second-order valence-electron chi connectivity index (χ2n) is 6.73. The molecule has 0 radical (unpaired) electrons. The molecular weight excluding hydrogens is 479 g/mol. The number of rotatable bonds is 6. The van der Waals surface area contributed by atoms with E-state index >= 15 is 0 Å². The van der Waals surface area contributed by atoms with E-state index in [-0.39, 0.29) is 41.9 Å². The summed E-state index contributed by atoms with van der Waals surface area (Å²) in [4.78, 5) is 4.14. The molecule has 2 unspecified atom stereocenters. The standard InChI is InChI=1S/C18H30N4O3S.HI/c1-14-5-7-17(8-6-14)11-21-18(19-4)20-9-10-26(23,24)22-12-15(2)25-16(3)13-22;/h5-8,15-16H,9-13H2,1-4H3,(H2,19,20,21);1H. The van der Waals surface area contributed by atoms with E-state index in [4.69, 9.17) is 4.74 Å². The summed E-state index contributed by atoms with van der Waals surface area (Å²) in [5.41, 5.74) is 2.36. The summed E-state index contributed by atoms with van der Waals surface area (Å²) in [7, 11) is -1.65. The number of halogens is 1. The molecule has 2 atom stereocenters. The third kappa shape index (κ3) is 7.92. The highest BCUT2D eigenvalue weighted by molar-refractivity contribution is 14.0. The molecule has 7 nitrogen and oxygen atoms in total. The molecule has 1 fully saturated rings. The molecule has 9 heteroatoms. The Kier molecular flexibility index (Phi) is 9.99. The third-order valence-electron chi connectivity index (χ3n) is 4.24. The van der Waals surface area contributed by atoms with Crippen LogP contribution in [-0.2, 0) is 21.3 Å². The fourth-order valence-electron chi connectivity index (χ4n) is 2.90. The number of sulfonamides is 1. The fraction of sp³-hybridized carbons (Fsp3) is 0.611. The Hall–Kier alpha value is -0.910. The minimum Gasteiger partial charge on any atom is -0.373 e. The first-order valence-corrected chi connectivity index (χ1v) is 10.5. The molecule has 154 valence electrons. The molecule has 0 bridgehead atoms. The number of hydrogen-bond donors (Lipinski definition) is 2. The maximum absolute atomic E-state index is 12.5. The van der Waals surface area contributed by atoms with Crippen LogP contribution in [0.1, 0.15) is 25.0 Å². The molecule has 0 aromatic heterocycles. The molecule has 0 saturated carbocycles. The van der Waals surface area contributed by atoms with Gasteiger partial charge in [-0.3, -0.25) is 4.99 Å². The van der Waals surface area contributed by atoms with Crippen LogP contribution in [0.5, 0.6) is 0 Å². The number of aliphatic imine (C=N–C) groups is 1. The van der Waals surface area contributed by atoms with Crippen LogP contribution in [0.4, 0.5) is 0 Å². The number of hydrogen-bond acceptors (Lipinski definition) is 4. The van der Waals surface area contributed by atoms with Gasteiger partial charge in [-0.15, -0.1) is 24.0 Å². The van der Waals surface area contributed by atoms with Crippen molar-refractivity contribution in [3.8, 4) is 0 Å². The van der Waals surface area contributed by atoms with Gasteiger partial charge in [0.2, 0.25) is 10.0 Å². The van der Waals surface area contributed by atoms with Gasteiger partial charge in [0.25, 0.3) is 0 Å². The zero-order valence-corrected chi connectivity index (χ0v) is 19.6. The Morgan fingerprint density at radius 3 is 2.33 bits per heavy atom. The van der Waals surface area contributed by atoms with Crippen molar-refractivity contribution in [1.82, 2.24) is 14.9 Å². The molecule has 2 N–H and O–H groups in total. The summed E-state index contributed by atoms with van der Waals surface area (Å²) in [6.07, 6.45) is -0.157. The van der Waals surface area contributed by atoms with Gasteiger partial charge in [0.15, 0.2) is 5.96 Å². The van der Waals surface area contributed by atoms with Crippen molar-refractivity contribution < 1.29 is 13.2 Å². The molecule has 1 saturated heterocycles. The highest BCUT2D eigenvalue weighted by Crippen LogP contribution is 2.14. The van der Waals surface area contributed by atoms with E-state index in [1.165, 1.54) is 9.87 Å². The van der Waals surface area contributed by atoms with Gasteiger partial charge in [0.05, 0.1) is 18.0 Å². The summed E-state index contributed by atoms with van der Waals surface area (Å²) >= 11 is 0. The quantitative estimate of drug-likeness (QED) is 0.346. The summed E-state index contributed by atoms with van der Waals surface area (Å²) < 4.78 is 32.2. The number of morpholine rings is 1. The van der Waals surface area contributed by atoms with E-state index < -0.39 is 10.0 Å². The first-order chi connectivity index (χ1) is 12.3. The van der Waals surface area contributed by atoms with Gasteiger partial charge < -0.3 is 15.4 Å². The molecule has 0 aliphatic carbocycles. The first kappa shape index (κ1) is 24.1. The van der Waals surface area contributed by atoms with Crippen molar-refractivity contribution >= 4 is 40.0 Å². The van der Waals surface area contributed by atoms with E-state index in [0.717, 1.165) is 5.56 Å². The lowest BCUT2D eigenvalue weighted by Gasteiger charge is -2.34. The van der Waals surface area contributed by atoms with E-state index in [1.54, 1.807) is 7.05 Å². The largest absolute Gasteiger partial charge is 0.373 e. The summed E-state index contributed by atoms with van der Waals surface area (Å²) in [6.45, 7) is 7.59. The van der Waals surface area contributed by atoms with Gasteiger partial charge in [0, 0.05) is 33.2 Å². The van der Waals surface area contributed by atoms with Crippen molar-refractivity contribution in [3.63, 3.8) is 0 Å². The van der Waals surface area contributed by atoms with Gasteiger partial charge in [-0.1, -0.05) is 29.8 Å². The van der Waals surface area contributed by atoms with Gasteiger partial charge in [-0.05, 0) is 26.3 Å². The second kappa shape index (κ2) is 11.2. The molecule has 0 amide bonds. The van der Waals surface area contributed by atoms with Crippen LogP contribution in [0.25, 0.3) is 0 Å². The molecule has 1 aliphatic rings. The monoisotopic (exact) mass is 510 g/mol. The highest BCUT2D eigenvalue weighted by atomic mass is 127. The van der Waals surface area contributed by atoms with E-state index in [2.05, 4.69) is 39.9 Å². The molecule has 2 rings (SSSR count). The average molecular weight is 510 g/mol. The Labute approximate surface area is 180 Å². The molecular formula is C18H31IN4O3S. The van der Waals surface area contributed by atoms with Crippen LogP contribution in [0.3, 0.4) is 0 Å². The van der Waals surface area contributed by atoms with Crippen molar-refractivity contribution in [2.45, 2.75) is 39.5 Å². The topological polar surface area (TPSA) is 83.0 Å². The van der Waals surface area contributed by atoms with Crippen molar-refractivity contribution in [3.05, 3.63) is 35.4 Å². The number of ether oxygens (including phenoxy) is 1. The Morgan fingerprint density at radius 1 is 1.19 bits per heavy atom. The Balaban J connectivity index is 0.00000364. The van der Waals surface area contributed by atoms with E-state index in [9.17, 15) is 8.42 Å². The van der Waals surface area contributed by atoms with Crippen molar-refractivity contribution in [2.75, 3.05) is 32.4 Å². The average Bonchev–Trinajstić information content (AvgIpc) is 2.58. The number of aryl methyl sites for hydroxylation is 1. The Bertz CT molecular complexity index is 700. The number of benzene rings is 1. The van der Waals surface area contributed by atoms with Crippen LogP contribution in [-0.4, -0.2) is 63.3 Å². The molecule has 0 spiro atoms. The van der Waals surface area contributed by atoms with Crippen LogP contribution in [0.15, 0.2) is 29.3 Å². The minimum absolute atomic E-state index is 0. The predicted octanol–water partition coefficient (Wildman–Crippen LogP) is 1.72. The maximum atomic E-state index is 12.5. The highest BCUT2D eigenvalue weighted by Gasteiger charge is 2.30. The van der Waals surface area contributed by atoms with E-state index in [0.29, 0.717) is 32.1 Å². The van der Waals surface area contributed by atoms with Crippen LogP contribution >= 0.6 is 24.0 Å². The van der Waals surface area contributed by atoms with Crippen LogP contribution in [0.2, 0.25) is 0 Å². The predicted molar refractivity (Wildman–Crippen MR) is 120 cm³/mol. The zero-order chi connectivity index (χ0) is 19.2. The first-order valence-electron chi connectivity index (χ1n) is 8.93. The summed E-state index contributed by atoms with van der Waals surface area (Å²) in [5.74, 6) is 0.613. The number of nitrogens with zero attached hydrogens (tertiary/aromatic N) is 2. The summed E-state index contributed by atoms with van der Waals surface area (Å²) in [6, 6.07) is 8.23. The lowest BCUT2D eigenvalue weighted by Crippen LogP contribution is -2.50. The SMILES string of the molecule is CN=C(NCCS(=O)(=O)N1CC(C)OC(C)C1)NCc1ccc(C)cc1.I. The van der Waals surface area contributed by atoms with E-state index in [1.807, 2.05) is 20.8 Å². The minimum atomic E-state index is -3.32. The second-order valence-corrected chi connectivity index (χ2v) is 8.82. The molecule has 27 heavy (non-hydrogen) atoms. The molecule has 1 aromatic carbocycles.